The van der Waals surface area contributed by atoms with Crippen LogP contribution in [0.4, 0.5) is 0 Å². The van der Waals surface area contributed by atoms with Crippen LogP contribution in [0.5, 0.6) is 0 Å². The Morgan fingerprint density at radius 1 is 1.37 bits per heavy atom. The van der Waals surface area contributed by atoms with E-state index >= 15 is 0 Å². The van der Waals surface area contributed by atoms with Crippen molar-refractivity contribution in [3.8, 4) is 0 Å². The van der Waals surface area contributed by atoms with Crippen molar-refractivity contribution < 1.29 is 4.79 Å². The number of rotatable bonds is 3. The topological polar surface area (TPSA) is 33.2 Å². The molecule has 1 unspecified atom stereocenters. The lowest BCUT2D eigenvalue weighted by atomic mass is 10.1. The Labute approximate surface area is 118 Å². The van der Waals surface area contributed by atoms with E-state index < -0.39 is 0 Å². The molecule has 0 fully saturated rings. The number of amides is 1. The van der Waals surface area contributed by atoms with Crippen LogP contribution in [0.1, 0.15) is 30.6 Å². The molecule has 0 spiro atoms. The van der Waals surface area contributed by atoms with Crippen molar-refractivity contribution in [2.45, 2.75) is 26.3 Å². The molecule has 0 saturated carbocycles. The largest absolute Gasteiger partial charge is 0.339 e. The highest BCUT2D eigenvalue weighted by Crippen LogP contribution is 2.25. The van der Waals surface area contributed by atoms with Gasteiger partial charge in [-0.25, -0.2) is 4.98 Å². The zero-order valence-electron chi connectivity index (χ0n) is 11.4. The molecule has 1 aromatic heterocycles. The highest BCUT2D eigenvalue weighted by molar-refractivity contribution is 6.34. The quantitative estimate of drug-likeness (QED) is 0.800. The van der Waals surface area contributed by atoms with E-state index in [9.17, 15) is 4.79 Å². The van der Waals surface area contributed by atoms with E-state index in [2.05, 4.69) is 11.9 Å². The standard InChI is InChI=1S/C15H17ClN2O/c1-4-10(2)18(3)15(19)13-9-17-14(16)12-8-6-5-7-11(12)13/h5-10H,4H2,1-3H3. The van der Waals surface area contributed by atoms with E-state index in [0.29, 0.717) is 10.7 Å². The van der Waals surface area contributed by atoms with E-state index in [-0.39, 0.29) is 11.9 Å². The van der Waals surface area contributed by atoms with Gasteiger partial charge in [-0.1, -0.05) is 42.8 Å². The first kappa shape index (κ1) is 13.8. The van der Waals surface area contributed by atoms with E-state index in [0.717, 1.165) is 17.2 Å². The van der Waals surface area contributed by atoms with E-state index in [1.54, 1.807) is 11.1 Å². The monoisotopic (exact) mass is 276 g/mol. The molecule has 19 heavy (non-hydrogen) atoms. The fourth-order valence-corrected chi connectivity index (χ4v) is 2.21. The molecular weight excluding hydrogens is 260 g/mol. The number of nitrogens with zero attached hydrogens (tertiary/aromatic N) is 2. The lowest BCUT2D eigenvalue weighted by Crippen LogP contribution is -2.34. The predicted molar refractivity (Wildman–Crippen MR) is 78.6 cm³/mol. The molecule has 100 valence electrons. The third-order valence-corrected chi connectivity index (χ3v) is 3.85. The molecule has 0 aliphatic carbocycles. The Kier molecular flexibility index (Phi) is 4.05. The van der Waals surface area contributed by atoms with Gasteiger partial charge in [-0.05, 0) is 18.7 Å². The van der Waals surface area contributed by atoms with Crippen LogP contribution in [0, 0.1) is 0 Å². The molecule has 0 saturated heterocycles. The molecule has 0 radical (unpaired) electrons. The fourth-order valence-electron chi connectivity index (χ4n) is 1.99. The Hall–Kier alpha value is -1.61. The minimum absolute atomic E-state index is 0.0188. The van der Waals surface area contributed by atoms with E-state index in [1.165, 1.54) is 0 Å². The predicted octanol–water partition coefficient (Wildman–Crippen LogP) is 3.76. The summed E-state index contributed by atoms with van der Waals surface area (Å²) in [5.74, 6) is -0.0188. The van der Waals surface area contributed by atoms with Crippen LogP contribution in [0.15, 0.2) is 30.5 Å². The molecule has 0 aliphatic rings. The Morgan fingerprint density at radius 3 is 2.63 bits per heavy atom. The van der Waals surface area contributed by atoms with Crippen LogP contribution in [0.2, 0.25) is 5.15 Å². The van der Waals surface area contributed by atoms with Gasteiger partial charge in [0.25, 0.3) is 5.91 Å². The van der Waals surface area contributed by atoms with Gasteiger partial charge in [0.05, 0.1) is 5.56 Å². The third-order valence-electron chi connectivity index (χ3n) is 3.55. The maximum Gasteiger partial charge on any atom is 0.256 e. The smallest absolute Gasteiger partial charge is 0.256 e. The van der Waals surface area contributed by atoms with Crippen molar-refractivity contribution in [1.82, 2.24) is 9.88 Å². The van der Waals surface area contributed by atoms with Crippen LogP contribution in [-0.2, 0) is 0 Å². The second-order valence-electron chi connectivity index (χ2n) is 4.68. The Balaban J connectivity index is 2.52. The lowest BCUT2D eigenvalue weighted by Gasteiger charge is -2.24. The highest BCUT2D eigenvalue weighted by Gasteiger charge is 2.19. The van der Waals surface area contributed by atoms with Gasteiger partial charge in [0.1, 0.15) is 5.15 Å². The van der Waals surface area contributed by atoms with Gasteiger partial charge >= 0.3 is 0 Å². The number of fused-ring (bicyclic) bond motifs is 1. The molecule has 0 bridgehead atoms. The van der Waals surface area contributed by atoms with Crippen LogP contribution in [-0.4, -0.2) is 28.9 Å². The molecule has 0 aliphatic heterocycles. The molecule has 0 N–H and O–H groups in total. The fraction of sp³-hybridized carbons (Fsp3) is 0.333. The van der Waals surface area contributed by atoms with Crippen LogP contribution < -0.4 is 0 Å². The number of aromatic nitrogens is 1. The summed E-state index contributed by atoms with van der Waals surface area (Å²) >= 11 is 6.07. The van der Waals surface area contributed by atoms with Crippen molar-refractivity contribution in [1.29, 1.82) is 0 Å². The maximum atomic E-state index is 12.5. The zero-order valence-corrected chi connectivity index (χ0v) is 12.1. The summed E-state index contributed by atoms with van der Waals surface area (Å²) < 4.78 is 0. The van der Waals surface area contributed by atoms with Gasteiger partial charge in [-0.15, -0.1) is 0 Å². The summed E-state index contributed by atoms with van der Waals surface area (Å²) in [5, 5.41) is 2.09. The first-order valence-corrected chi connectivity index (χ1v) is 6.74. The Bertz CT molecular complexity index is 612. The van der Waals surface area contributed by atoms with Gasteiger partial charge in [0, 0.05) is 24.7 Å². The molecule has 1 aromatic carbocycles. The van der Waals surface area contributed by atoms with Crippen molar-refractivity contribution >= 4 is 28.3 Å². The van der Waals surface area contributed by atoms with Crippen molar-refractivity contribution in [3.05, 3.63) is 41.2 Å². The van der Waals surface area contributed by atoms with E-state index in [4.69, 9.17) is 11.6 Å². The summed E-state index contributed by atoms with van der Waals surface area (Å²) in [7, 11) is 1.82. The number of hydrogen-bond acceptors (Lipinski definition) is 2. The number of pyridine rings is 1. The van der Waals surface area contributed by atoms with Crippen molar-refractivity contribution in [3.63, 3.8) is 0 Å². The average Bonchev–Trinajstić information content (AvgIpc) is 2.45. The van der Waals surface area contributed by atoms with Gasteiger partial charge in [0.2, 0.25) is 0 Å². The first-order chi connectivity index (χ1) is 9.06. The van der Waals surface area contributed by atoms with Gasteiger partial charge in [-0.3, -0.25) is 4.79 Å². The van der Waals surface area contributed by atoms with Gasteiger partial charge in [0.15, 0.2) is 0 Å². The molecule has 4 heteroatoms. The first-order valence-electron chi connectivity index (χ1n) is 6.36. The summed E-state index contributed by atoms with van der Waals surface area (Å²) in [6, 6.07) is 7.77. The van der Waals surface area contributed by atoms with Gasteiger partial charge in [-0.2, -0.15) is 0 Å². The number of halogens is 1. The van der Waals surface area contributed by atoms with Crippen molar-refractivity contribution in [2.75, 3.05) is 7.05 Å². The van der Waals surface area contributed by atoms with Gasteiger partial charge < -0.3 is 4.90 Å². The van der Waals surface area contributed by atoms with E-state index in [1.807, 2.05) is 38.2 Å². The summed E-state index contributed by atoms with van der Waals surface area (Å²) in [6.45, 7) is 4.09. The van der Waals surface area contributed by atoms with Crippen LogP contribution >= 0.6 is 11.6 Å². The molecule has 2 aromatic rings. The minimum atomic E-state index is -0.0188. The number of carbonyl (C=O) groups excluding carboxylic acids is 1. The van der Waals surface area contributed by atoms with Crippen LogP contribution in [0.25, 0.3) is 10.8 Å². The molecule has 1 atom stereocenters. The lowest BCUT2D eigenvalue weighted by molar-refractivity contribution is 0.0742. The minimum Gasteiger partial charge on any atom is -0.339 e. The highest BCUT2D eigenvalue weighted by atomic mass is 35.5. The number of carbonyl (C=O) groups is 1. The molecule has 1 heterocycles. The Morgan fingerprint density at radius 2 is 2.00 bits per heavy atom. The second-order valence-corrected chi connectivity index (χ2v) is 5.04. The molecule has 1 amide bonds. The third kappa shape index (κ3) is 2.56. The second kappa shape index (κ2) is 5.57. The number of hydrogen-bond donors (Lipinski definition) is 0. The van der Waals surface area contributed by atoms with Crippen molar-refractivity contribution in [2.24, 2.45) is 0 Å². The molecule has 3 nitrogen and oxygen atoms in total. The summed E-state index contributed by atoms with van der Waals surface area (Å²) in [4.78, 5) is 18.4. The molecule has 2 rings (SSSR count). The maximum absolute atomic E-state index is 12.5. The summed E-state index contributed by atoms with van der Waals surface area (Å²) in [5.41, 5.74) is 0.600. The number of benzene rings is 1. The SMILES string of the molecule is CCC(C)N(C)C(=O)c1cnc(Cl)c2ccccc12. The zero-order chi connectivity index (χ0) is 14.0. The summed E-state index contributed by atoms with van der Waals surface area (Å²) in [6.07, 6.45) is 2.48. The van der Waals surface area contributed by atoms with Crippen LogP contribution in [0.3, 0.4) is 0 Å². The normalized spacial score (nSPS) is 12.4. The molecular formula is C15H17ClN2O. The average molecular weight is 277 g/mol.